The first kappa shape index (κ1) is 36.1. The minimum atomic E-state index is -1.50. The molecule has 13 heteroatoms. The van der Waals surface area contributed by atoms with Crippen LogP contribution in [-0.4, -0.2) is 81.1 Å². The number of pyridine rings is 2. The predicted molar refractivity (Wildman–Crippen MR) is 190 cm³/mol. The number of fused-ring (bicyclic) bond motifs is 2. The third kappa shape index (κ3) is 8.01. The molecule has 0 spiro atoms. The van der Waals surface area contributed by atoms with Crippen molar-refractivity contribution >= 4 is 29.7 Å². The number of hydrogen-bond donors (Lipinski definition) is 4. The van der Waals surface area contributed by atoms with Gasteiger partial charge in [0.15, 0.2) is 11.9 Å². The van der Waals surface area contributed by atoms with Gasteiger partial charge in [0, 0.05) is 30.6 Å². The van der Waals surface area contributed by atoms with Crippen LogP contribution in [0.25, 0.3) is 5.65 Å². The van der Waals surface area contributed by atoms with Gasteiger partial charge in [-0.05, 0) is 60.0 Å². The molecule has 4 aromatic rings. The molecule has 5 rings (SSSR count). The lowest BCUT2D eigenvalue weighted by Gasteiger charge is -2.34. The maximum Gasteiger partial charge on any atom is 0.321 e. The second kappa shape index (κ2) is 14.4. The number of benzene rings is 1. The number of nitrogens with one attached hydrogen (secondary N) is 3. The molecule has 0 unspecified atom stereocenters. The summed E-state index contributed by atoms with van der Waals surface area (Å²) in [6, 6.07) is 13.7. The van der Waals surface area contributed by atoms with E-state index in [0.717, 1.165) is 11.4 Å². The number of aromatic nitrogens is 4. The third-order valence-corrected chi connectivity index (χ3v) is 8.49. The van der Waals surface area contributed by atoms with Gasteiger partial charge in [-0.2, -0.15) is 0 Å². The normalized spacial score (nSPS) is 17.3. The van der Waals surface area contributed by atoms with Crippen molar-refractivity contribution in [1.82, 2.24) is 35.1 Å². The fourth-order valence-corrected chi connectivity index (χ4v) is 5.71. The SMILES string of the molecule is CN(CCO)CCNC(=O)c1cc(C(C)(C)C)cc(NC(=O)N[C@@]2(C=O)C=C[C@@H](Oc3ccc4nnc(C(C)(C)C)n4c3)c3ccccc32)n1. The molecule has 0 radical (unpaired) electrons. The third-order valence-electron chi connectivity index (χ3n) is 8.49. The van der Waals surface area contributed by atoms with E-state index in [4.69, 9.17) is 9.84 Å². The summed E-state index contributed by atoms with van der Waals surface area (Å²) in [5.41, 5.74) is 0.807. The molecule has 13 nitrogen and oxygen atoms in total. The average Bonchev–Trinajstić information content (AvgIpc) is 3.50. The minimum Gasteiger partial charge on any atom is -0.480 e. The molecule has 1 aromatic carbocycles. The van der Waals surface area contributed by atoms with E-state index < -0.39 is 23.6 Å². The number of carbonyl (C=O) groups is 3. The van der Waals surface area contributed by atoms with E-state index in [9.17, 15) is 14.4 Å². The number of urea groups is 1. The molecule has 3 amide bonds. The number of anilines is 1. The number of rotatable bonds is 11. The van der Waals surface area contributed by atoms with Crippen molar-refractivity contribution in [2.75, 3.05) is 38.6 Å². The number of likely N-dealkylation sites (N-methyl/N-ethyl adjacent to an activating group) is 1. The van der Waals surface area contributed by atoms with Crippen LogP contribution < -0.4 is 20.7 Å². The van der Waals surface area contributed by atoms with E-state index in [1.54, 1.807) is 36.4 Å². The van der Waals surface area contributed by atoms with Gasteiger partial charge in [0.2, 0.25) is 0 Å². The zero-order chi connectivity index (χ0) is 36.3. The second-order valence-corrected chi connectivity index (χ2v) is 14.6. The Hall–Kier alpha value is -5.14. The molecule has 264 valence electrons. The lowest BCUT2D eigenvalue weighted by atomic mass is 9.81. The van der Waals surface area contributed by atoms with Crippen LogP contribution in [0.5, 0.6) is 5.75 Å². The fourth-order valence-electron chi connectivity index (χ4n) is 5.71. The van der Waals surface area contributed by atoms with Crippen molar-refractivity contribution in [3.05, 3.63) is 95.1 Å². The number of nitrogens with zero attached hydrogens (tertiary/aromatic N) is 5. The van der Waals surface area contributed by atoms with E-state index in [1.807, 2.05) is 67.6 Å². The Morgan fingerprint density at radius 1 is 1.04 bits per heavy atom. The summed E-state index contributed by atoms with van der Waals surface area (Å²) in [6.45, 7) is 13.6. The maximum absolute atomic E-state index is 13.6. The molecule has 3 aromatic heterocycles. The van der Waals surface area contributed by atoms with Gasteiger partial charge in [-0.1, -0.05) is 65.8 Å². The van der Waals surface area contributed by atoms with Crippen molar-refractivity contribution in [1.29, 1.82) is 0 Å². The van der Waals surface area contributed by atoms with Crippen molar-refractivity contribution in [3.8, 4) is 5.75 Å². The Morgan fingerprint density at radius 2 is 1.80 bits per heavy atom. The molecule has 0 saturated carbocycles. The zero-order valence-corrected chi connectivity index (χ0v) is 29.7. The number of aliphatic hydroxyl groups excluding tert-OH is 1. The summed E-state index contributed by atoms with van der Waals surface area (Å²) in [5, 5.41) is 26.2. The van der Waals surface area contributed by atoms with Crippen LogP contribution in [0, 0.1) is 0 Å². The summed E-state index contributed by atoms with van der Waals surface area (Å²) < 4.78 is 8.34. The molecule has 0 fully saturated rings. The van der Waals surface area contributed by atoms with Crippen molar-refractivity contribution in [3.63, 3.8) is 0 Å². The monoisotopic (exact) mass is 682 g/mol. The molecule has 4 N–H and O–H groups in total. The highest BCUT2D eigenvalue weighted by Crippen LogP contribution is 2.37. The van der Waals surface area contributed by atoms with Crippen molar-refractivity contribution in [2.24, 2.45) is 0 Å². The van der Waals surface area contributed by atoms with Gasteiger partial charge >= 0.3 is 6.03 Å². The summed E-state index contributed by atoms with van der Waals surface area (Å²) >= 11 is 0. The van der Waals surface area contributed by atoms with Crippen LogP contribution >= 0.6 is 0 Å². The Kier molecular flexibility index (Phi) is 10.4. The van der Waals surface area contributed by atoms with Gasteiger partial charge < -0.3 is 25.4 Å². The lowest BCUT2D eigenvalue weighted by Crippen LogP contribution is -2.49. The molecule has 1 aliphatic carbocycles. The molecule has 1 aliphatic rings. The molecular formula is C37H46N8O5. The van der Waals surface area contributed by atoms with Crippen LogP contribution in [0.1, 0.15) is 80.6 Å². The van der Waals surface area contributed by atoms with Gasteiger partial charge in [0.25, 0.3) is 5.91 Å². The first-order valence-electron chi connectivity index (χ1n) is 16.6. The Labute approximate surface area is 292 Å². The summed E-state index contributed by atoms with van der Waals surface area (Å²) in [7, 11) is 1.85. The van der Waals surface area contributed by atoms with Crippen molar-refractivity contribution in [2.45, 2.75) is 64.0 Å². The quantitative estimate of drug-likeness (QED) is 0.134. The molecular weight excluding hydrogens is 636 g/mol. The Morgan fingerprint density at radius 3 is 2.50 bits per heavy atom. The summed E-state index contributed by atoms with van der Waals surface area (Å²) in [4.78, 5) is 45.8. The zero-order valence-electron chi connectivity index (χ0n) is 29.7. The number of carbonyl (C=O) groups excluding carboxylic acids is 3. The Balaban J connectivity index is 1.36. The van der Waals surface area contributed by atoms with Gasteiger partial charge in [-0.25, -0.2) is 9.78 Å². The fraction of sp³-hybridized carbons (Fsp3) is 0.405. The predicted octanol–water partition coefficient (Wildman–Crippen LogP) is 4.28. The largest absolute Gasteiger partial charge is 0.480 e. The molecule has 50 heavy (non-hydrogen) atoms. The number of hydrogen-bond acceptors (Lipinski definition) is 9. The number of aliphatic hydroxyl groups is 1. The van der Waals surface area contributed by atoms with Crippen LogP contribution in [0.3, 0.4) is 0 Å². The van der Waals surface area contributed by atoms with E-state index >= 15 is 0 Å². The molecule has 0 aliphatic heterocycles. The summed E-state index contributed by atoms with van der Waals surface area (Å²) in [6.07, 6.45) is 5.35. The second-order valence-electron chi connectivity index (χ2n) is 14.6. The van der Waals surface area contributed by atoms with Crippen molar-refractivity contribution < 1.29 is 24.2 Å². The van der Waals surface area contributed by atoms with Crippen LogP contribution in [0.15, 0.2) is 66.9 Å². The van der Waals surface area contributed by atoms with E-state index in [-0.39, 0.29) is 28.9 Å². The summed E-state index contributed by atoms with van der Waals surface area (Å²) in [5.74, 6) is 1.14. The maximum atomic E-state index is 13.6. The molecule has 0 bridgehead atoms. The highest BCUT2D eigenvalue weighted by Gasteiger charge is 2.38. The smallest absolute Gasteiger partial charge is 0.321 e. The molecule has 3 heterocycles. The minimum absolute atomic E-state index is 0.0258. The van der Waals surface area contributed by atoms with Crippen LogP contribution in [-0.2, 0) is 21.2 Å². The Bertz CT molecular complexity index is 1910. The number of amides is 3. The first-order valence-corrected chi connectivity index (χ1v) is 16.6. The lowest BCUT2D eigenvalue weighted by molar-refractivity contribution is -0.111. The van der Waals surface area contributed by atoms with Gasteiger partial charge in [0.1, 0.15) is 34.7 Å². The van der Waals surface area contributed by atoms with Gasteiger partial charge in [-0.3, -0.25) is 19.3 Å². The average molecular weight is 683 g/mol. The standard InChI is InChI=1S/C37H46N8O5/c1-35(2,3)24-20-28(32(48)38-16-17-44(7)18-19-46)39-30(21-24)40-34(49)41-37(23-47)15-14-29(26-10-8-9-11-27(26)37)50-25-12-13-31-42-43-33(36(4,5)6)45(31)22-25/h8-15,20-23,29,46H,16-19H2,1-7H3,(H,38,48)(H2,39,40,41,49)/t29-,37-/m1/s1. The molecule has 2 atom stereocenters. The van der Waals surface area contributed by atoms with Crippen LogP contribution in [0.4, 0.5) is 10.6 Å². The highest BCUT2D eigenvalue weighted by molar-refractivity contribution is 5.95. The molecule has 0 saturated heterocycles. The number of aldehydes is 1. The van der Waals surface area contributed by atoms with E-state index in [0.29, 0.717) is 48.4 Å². The van der Waals surface area contributed by atoms with E-state index in [2.05, 4.69) is 51.9 Å². The van der Waals surface area contributed by atoms with Gasteiger partial charge in [0.05, 0.1) is 12.8 Å². The van der Waals surface area contributed by atoms with Gasteiger partial charge in [-0.15, -0.1) is 10.2 Å². The topological polar surface area (TPSA) is 163 Å². The first-order chi connectivity index (χ1) is 23.6. The number of ether oxygens (including phenoxy) is 1. The van der Waals surface area contributed by atoms with E-state index in [1.165, 1.54) is 0 Å². The highest BCUT2D eigenvalue weighted by atomic mass is 16.5. The van der Waals surface area contributed by atoms with Crippen LogP contribution in [0.2, 0.25) is 0 Å².